The standard InChI is InChI=1S/C13H17NO4/c1-3-4-5-10-9-6-7-14(13(16)17-2)11(8-9)18-12(10)15/h3,6-7,9-11H,1,4-5,8H2,2H3/t9-,10-,11-/m1/s1. The van der Waals surface area contributed by atoms with E-state index in [-0.39, 0.29) is 17.8 Å². The van der Waals surface area contributed by atoms with E-state index in [4.69, 9.17) is 4.74 Å². The van der Waals surface area contributed by atoms with Gasteiger partial charge in [0.2, 0.25) is 0 Å². The SMILES string of the molecule is C=CCC[C@H]1C(=O)O[C@@H]2C[C@H]1C=CN2C(=O)OC. The third-order valence-corrected chi connectivity index (χ3v) is 3.42. The Morgan fingerprint density at radius 1 is 1.72 bits per heavy atom. The van der Waals surface area contributed by atoms with Crippen LogP contribution in [-0.4, -0.2) is 30.3 Å². The predicted molar refractivity (Wildman–Crippen MR) is 64.3 cm³/mol. The Morgan fingerprint density at radius 3 is 3.17 bits per heavy atom. The second-order valence-corrected chi connectivity index (χ2v) is 4.48. The van der Waals surface area contributed by atoms with Gasteiger partial charge in [0, 0.05) is 12.6 Å². The summed E-state index contributed by atoms with van der Waals surface area (Å²) in [4.78, 5) is 24.7. The average molecular weight is 251 g/mol. The molecule has 1 amide bonds. The first-order chi connectivity index (χ1) is 8.67. The second-order valence-electron chi connectivity index (χ2n) is 4.48. The zero-order valence-electron chi connectivity index (χ0n) is 10.4. The molecule has 1 fully saturated rings. The summed E-state index contributed by atoms with van der Waals surface area (Å²) in [6.07, 6.45) is 6.47. The van der Waals surface area contributed by atoms with Crippen LogP contribution in [0.5, 0.6) is 0 Å². The van der Waals surface area contributed by atoms with E-state index in [9.17, 15) is 9.59 Å². The van der Waals surface area contributed by atoms with Gasteiger partial charge < -0.3 is 9.47 Å². The smallest absolute Gasteiger partial charge is 0.416 e. The van der Waals surface area contributed by atoms with Crippen molar-refractivity contribution >= 4 is 12.1 Å². The van der Waals surface area contributed by atoms with Crippen LogP contribution in [0.2, 0.25) is 0 Å². The molecule has 5 nitrogen and oxygen atoms in total. The summed E-state index contributed by atoms with van der Waals surface area (Å²) in [6.45, 7) is 3.66. The highest BCUT2D eigenvalue weighted by atomic mass is 16.6. The molecule has 0 aromatic carbocycles. The first kappa shape index (κ1) is 12.7. The lowest BCUT2D eigenvalue weighted by Crippen LogP contribution is -2.49. The van der Waals surface area contributed by atoms with Crippen molar-refractivity contribution in [1.29, 1.82) is 0 Å². The summed E-state index contributed by atoms with van der Waals surface area (Å²) >= 11 is 0. The lowest BCUT2D eigenvalue weighted by atomic mass is 9.82. The van der Waals surface area contributed by atoms with E-state index < -0.39 is 12.3 Å². The molecule has 2 aliphatic rings. The second kappa shape index (κ2) is 5.25. The molecule has 0 saturated carbocycles. The van der Waals surface area contributed by atoms with Crippen molar-refractivity contribution in [2.24, 2.45) is 11.8 Å². The van der Waals surface area contributed by atoms with E-state index >= 15 is 0 Å². The van der Waals surface area contributed by atoms with Crippen LogP contribution in [-0.2, 0) is 14.3 Å². The fourth-order valence-corrected chi connectivity index (χ4v) is 2.44. The molecule has 2 rings (SSSR count). The van der Waals surface area contributed by atoms with Gasteiger partial charge in [-0.25, -0.2) is 9.69 Å². The van der Waals surface area contributed by atoms with Crippen molar-refractivity contribution in [3.63, 3.8) is 0 Å². The van der Waals surface area contributed by atoms with Crippen LogP contribution in [0.1, 0.15) is 19.3 Å². The minimum atomic E-state index is -0.528. The van der Waals surface area contributed by atoms with Crippen LogP contribution in [0.3, 0.4) is 0 Å². The lowest BCUT2D eigenvalue weighted by Gasteiger charge is -2.40. The molecule has 0 N–H and O–H groups in total. The molecule has 2 aliphatic heterocycles. The molecule has 1 saturated heterocycles. The highest BCUT2D eigenvalue weighted by molar-refractivity contribution is 5.76. The number of carbonyl (C=O) groups is 2. The van der Waals surface area contributed by atoms with Gasteiger partial charge in [0.05, 0.1) is 13.0 Å². The van der Waals surface area contributed by atoms with E-state index in [2.05, 4.69) is 11.3 Å². The molecule has 0 aromatic heterocycles. The van der Waals surface area contributed by atoms with Gasteiger partial charge in [-0.2, -0.15) is 0 Å². The van der Waals surface area contributed by atoms with Crippen LogP contribution in [0.4, 0.5) is 4.79 Å². The van der Waals surface area contributed by atoms with Gasteiger partial charge in [0.1, 0.15) is 0 Å². The minimum absolute atomic E-state index is 0.129. The van der Waals surface area contributed by atoms with Gasteiger partial charge in [-0.3, -0.25) is 4.79 Å². The molecule has 3 atom stereocenters. The molecule has 5 heteroatoms. The number of carbonyl (C=O) groups excluding carboxylic acids is 2. The molecule has 98 valence electrons. The number of ether oxygens (including phenoxy) is 2. The summed E-state index contributed by atoms with van der Waals surface area (Å²) < 4.78 is 9.94. The number of allylic oxidation sites excluding steroid dienone is 2. The first-order valence-corrected chi connectivity index (χ1v) is 6.03. The summed E-state index contributed by atoms with van der Waals surface area (Å²) in [5, 5.41) is 0. The van der Waals surface area contributed by atoms with Crippen LogP contribution in [0.15, 0.2) is 24.9 Å². The summed E-state index contributed by atoms with van der Waals surface area (Å²) in [5.74, 6) is -0.233. The van der Waals surface area contributed by atoms with Crippen LogP contribution >= 0.6 is 0 Å². The van der Waals surface area contributed by atoms with Gasteiger partial charge in [0.15, 0.2) is 6.23 Å². The molecule has 18 heavy (non-hydrogen) atoms. The zero-order chi connectivity index (χ0) is 13.1. The lowest BCUT2D eigenvalue weighted by molar-refractivity contribution is -0.174. The van der Waals surface area contributed by atoms with Gasteiger partial charge in [-0.1, -0.05) is 12.2 Å². The van der Waals surface area contributed by atoms with Crippen molar-refractivity contribution in [3.8, 4) is 0 Å². The maximum absolute atomic E-state index is 11.9. The van der Waals surface area contributed by atoms with Crippen molar-refractivity contribution in [3.05, 3.63) is 24.9 Å². The van der Waals surface area contributed by atoms with Crippen LogP contribution in [0, 0.1) is 11.8 Å². The molecule has 0 unspecified atom stereocenters. The highest BCUT2D eigenvalue weighted by Gasteiger charge is 2.42. The third-order valence-electron chi connectivity index (χ3n) is 3.42. The number of nitrogens with zero attached hydrogens (tertiary/aromatic N) is 1. The minimum Gasteiger partial charge on any atom is -0.452 e. The summed E-state index contributed by atoms with van der Waals surface area (Å²) in [7, 11) is 1.31. The Kier molecular flexibility index (Phi) is 3.69. The van der Waals surface area contributed by atoms with Gasteiger partial charge in [0.25, 0.3) is 0 Å². The normalized spacial score (nSPS) is 29.7. The van der Waals surface area contributed by atoms with E-state index in [1.165, 1.54) is 12.0 Å². The molecule has 0 spiro atoms. The maximum Gasteiger partial charge on any atom is 0.416 e. The van der Waals surface area contributed by atoms with E-state index in [0.29, 0.717) is 6.42 Å². The Bertz CT molecular complexity index is 390. The monoisotopic (exact) mass is 251 g/mol. The molecular formula is C13H17NO4. The van der Waals surface area contributed by atoms with Crippen molar-refractivity contribution in [2.75, 3.05) is 7.11 Å². The number of fused-ring (bicyclic) bond motifs is 2. The summed E-state index contributed by atoms with van der Waals surface area (Å²) in [6, 6.07) is 0. The fourth-order valence-electron chi connectivity index (χ4n) is 2.44. The maximum atomic E-state index is 11.9. The number of hydrogen-bond donors (Lipinski definition) is 0. The number of esters is 1. The van der Waals surface area contributed by atoms with Crippen LogP contribution < -0.4 is 0 Å². The largest absolute Gasteiger partial charge is 0.452 e. The number of rotatable bonds is 3. The topological polar surface area (TPSA) is 55.8 Å². The molecule has 2 heterocycles. The van der Waals surface area contributed by atoms with Crippen molar-refractivity contribution in [1.82, 2.24) is 4.90 Å². The Labute approximate surface area is 106 Å². The van der Waals surface area contributed by atoms with Crippen molar-refractivity contribution < 1.29 is 19.1 Å². The Hall–Kier alpha value is -1.78. The molecule has 0 radical (unpaired) electrons. The van der Waals surface area contributed by atoms with Gasteiger partial charge in [-0.15, -0.1) is 6.58 Å². The fraction of sp³-hybridized carbons (Fsp3) is 0.538. The average Bonchev–Trinajstić information content (AvgIpc) is 2.38. The van der Waals surface area contributed by atoms with Crippen LogP contribution in [0.25, 0.3) is 0 Å². The summed E-state index contributed by atoms with van der Waals surface area (Å²) in [5.41, 5.74) is 0. The zero-order valence-corrected chi connectivity index (χ0v) is 10.4. The third kappa shape index (κ3) is 2.25. The van der Waals surface area contributed by atoms with Gasteiger partial charge >= 0.3 is 12.1 Å². The predicted octanol–water partition coefficient (Wildman–Crippen LogP) is 2.05. The Morgan fingerprint density at radius 2 is 2.50 bits per heavy atom. The number of amides is 1. The van der Waals surface area contributed by atoms with E-state index in [1.54, 1.807) is 12.3 Å². The molecule has 2 bridgehead atoms. The van der Waals surface area contributed by atoms with Crippen molar-refractivity contribution in [2.45, 2.75) is 25.5 Å². The van der Waals surface area contributed by atoms with Gasteiger partial charge in [-0.05, 0) is 18.8 Å². The van der Waals surface area contributed by atoms with E-state index in [1.807, 2.05) is 6.08 Å². The Balaban J connectivity index is 2.12. The molecule has 0 aliphatic carbocycles. The number of methoxy groups -OCH3 is 1. The first-order valence-electron chi connectivity index (χ1n) is 6.03. The molecular weight excluding hydrogens is 234 g/mol. The number of hydrogen-bond acceptors (Lipinski definition) is 4. The molecule has 0 aromatic rings. The highest BCUT2D eigenvalue weighted by Crippen LogP contribution is 2.36. The quantitative estimate of drug-likeness (QED) is 0.569. The van der Waals surface area contributed by atoms with E-state index in [0.717, 1.165) is 12.8 Å².